The second-order valence-electron chi connectivity index (χ2n) is 5.31. The molecule has 0 bridgehead atoms. The SMILES string of the molecule is COc1ccc(OC)c(CNCC2CCCCC2)c1. The fourth-order valence-electron chi connectivity index (χ4n) is 2.82. The smallest absolute Gasteiger partial charge is 0.123 e. The molecule has 1 aliphatic rings. The topological polar surface area (TPSA) is 30.5 Å². The molecule has 2 rings (SSSR count). The van der Waals surface area contributed by atoms with Crippen LogP contribution in [-0.4, -0.2) is 20.8 Å². The molecule has 106 valence electrons. The van der Waals surface area contributed by atoms with Crippen molar-refractivity contribution in [2.24, 2.45) is 5.92 Å². The minimum Gasteiger partial charge on any atom is -0.497 e. The molecule has 0 spiro atoms. The number of nitrogens with one attached hydrogen (secondary N) is 1. The van der Waals surface area contributed by atoms with E-state index < -0.39 is 0 Å². The molecule has 0 aromatic heterocycles. The molecule has 0 radical (unpaired) electrons. The van der Waals surface area contributed by atoms with E-state index in [1.807, 2.05) is 18.2 Å². The molecule has 1 aromatic carbocycles. The van der Waals surface area contributed by atoms with Gasteiger partial charge in [-0.05, 0) is 43.5 Å². The largest absolute Gasteiger partial charge is 0.497 e. The Balaban J connectivity index is 1.86. The minimum absolute atomic E-state index is 0.844. The fourth-order valence-corrected chi connectivity index (χ4v) is 2.82. The molecule has 3 heteroatoms. The van der Waals surface area contributed by atoms with Crippen molar-refractivity contribution in [2.75, 3.05) is 20.8 Å². The number of ether oxygens (including phenoxy) is 2. The van der Waals surface area contributed by atoms with Crippen LogP contribution in [-0.2, 0) is 6.54 Å². The highest BCUT2D eigenvalue weighted by Gasteiger charge is 2.13. The van der Waals surface area contributed by atoms with Crippen molar-refractivity contribution in [1.82, 2.24) is 5.32 Å². The third kappa shape index (κ3) is 4.13. The Morgan fingerprint density at radius 3 is 2.58 bits per heavy atom. The lowest BCUT2D eigenvalue weighted by atomic mass is 9.89. The van der Waals surface area contributed by atoms with Crippen LogP contribution in [0.5, 0.6) is 11.5 Å². The number of benzene rings is 1. The third-order valence-corrected chi connectivity index (χ3v) is 3.96. The maximum Gasteiger partial charge on any atom is 0.123 e. The summed E-state index contributed by atoms with van der Waals surface area (Å²) in [5.74, 6) is 2.66. The molecule has 0 heterocycles. The van der Waals surface area contributed by atoms with Gasteiger partial charge >= 0.3 is 0 Å². The fraction of sp³-hybridized carbons (Fsp3) is 0.625. The Hall–Kier alpha value is -1.22. The standard InChI is InChI=1S/C16H25NO2/c1-18-15-8-9-16(19-2)14(10-15)12-17-11-13-6-4-3-5-7-13/h8-10,13,17H,3-7,11-12H2,1-2H3. The van der Waals surface area contributed by atoms with Crippen LogP contribution in [0.25, 0.3) is 0 Å². The van der Waals surface area contributed by atoms with Crippen molar-refractivity contribution in [2.45, 2.75) is 38.6 Å². The third-order valence-electron chi connectivity index (χ3n) is 3.96. The van der Waals surface area contributed by atoms with Gasteiger partial charge in [-0.2, -0.15) is 0 Å². The lowest BCUT2D eigenvalue weighted by Crippen LogP contribution is -2.24. The summed E-state index contributed by atoms with van der Waals surface area (Å²) in [5, 5.41) is 3.56. The van der Waals surface area contributed by atoms with Crippen molar-refractivity contribution >= 4 is 0 Å². The van der Waals surface area contributed by atoms with Crippen LogP contribution < -0.4 is 14.8 Å². The molecule has 0 amide bonds. The summed E-state index contributed by atoms with van der Waals surface area (Å²) >= 11 is 0. The summed E-state index contributed by atoms with van der Waals surface area (Å²) in [7, 11) is 3.41. The molecule has 1 fully saturated rings. The van der Waals surface area contributed by atoms with E-state index in [0.717, 1.165) is 36.1 Å². The first kappa shape index (κ1) is 14.2. The zero-order chi connectivity index (χ0) is 13.5. The highest BCUT2D eigenvalue weighted by Crippen LogP contribution is 2.25. The number of methoxy groups -OCH3 is 2. The summed E-state index contributed by atoms with van der Waals surface area (Å²) in [6.07, 6.45) is 6.97. The predicted molar refractivity (Wildman–Crippen MR) is 77.8 cm³/mol. The van der Waals surface area contributed by atoms with Crippen molar-refractivity contribution in [1.29, 1.82) is 0 Å². The van der Waals surface area contributed by atoms with E-state index in [1.165, 1.54) is 32.1 Å². The van der Waals surface area contributed by atoms with Gasteiger partial charge in [0.2, 0.25) is 0 Å². The lowest BCUT2D eigenvalue weighted by molar-refractivity contribution is 0.340. The van der Waals surface area contributed by atoms with Crippen LogP contribution in [0.2, 0.25) is 0 Å². The second-order valence-corrected chi connectivity index (χ2v) is 5.31. The summed E-state index contributed by atoms with van der Waals surface area (Å²) in [6, 6.07) is 5.95. The number of hydrogen-bond donors (Lipinski definition) is 1. The van der Waals surface area contributed by atoms with Crippen LogP contribution >= 0.6 is 0 Å². The quantitative estimate of drug-likeness (QED) is 0.853. The van der Waals surface area contributed by atoms with E-state index in [9.17, 15) is 0 Å². The molecule has 0 unspecified atom stereocenters. The molecule has 0 saturated heterocycles. The first-order chi connectivity index (χ1) is 9.33. The molecule has 0 aliphatic heterocycles. The van der Waals surface area contributed by atoms with E-state index in [4.69, 9.17) is 9.47 Å². The van der Waals surface area contributed by atoms with Crippen molar-refractivity contribution in [3.63, 3.8) is 0 Å². The lowest BCUT2D eigenvalue weighted by Gasteiger charge is -2.22. The second kappa shape index (κ2) is 7.39. The van der Waals surface area contributed by atoms with Crippen LogP contribution in [0.3, 0.4) is 0 Å². The maximum atomic E-state index is 5.39. The zero-order valence-corrected chi connectivity index (χ0v) is 12.1. The summed E-state index contributed by atoms with van der Waals surface area (Å²) in [6.45, 7) is 1.96. The van der Waals surface area contributed by atoms with Crippen LogP contribution in [0.1, 0.15) is 37.7 Å². The molecule has 1 aromatic rings. The number of hydrogen-bond acceptors (Lipinski definition) is 3. The first-order valence-corrected chi connectivity index (χ1v) is 7.25. The molecule has 0 atom stereocenters. The van der Waals surface area contributed by atoms with Crippen LogP contribution in [0.4, 0.5) is 0 Å². The summed E-state index contributed by atoms with van der Waals surface area (Å²) < 4.78 is 10.7. The minimum atomic E-state index is 0.844. The van der Waals surface area contributed by atoms with Gasteiger partial charge < -0.3 is 14.8 Å². The average molecular weight is 263 g/mol. The van der Waals surface area contributed by atoms with Gasteiger partial charge in [0.05, 0.1) is 14.2 Å². The Labute approximate surface area is 116 Å². The van der Waals surface area contributed by atoms with E-state index in [1.54, 1.807) is 14.2 Å². The van der Waals surface area contributed by atoms with Crippen LogP contribution in [0, 0.1) is 5.92 Å². The Morgan fingerprint density at radius 2 is 1.89 bits per heavy atom. The van der Waals surface area contributed by atoms with E-state index in [-0.39, 0.29) is 0 Å². The molecule has 19 heavy (non-hydrogen) atoms. The molecule has 3 nitrogen and oxygen atoms in total. The van der Waals surface area contributed by atoms with Crippen LogP contribution in [0.15, 0.2) is 18.2 Å². The van der Waals surface area contributed by atoms with E-state index in [2.05, 4.69) is 5.32 Å². The predicted octanol–water partition coefficient (Wildman–Crippen LogP) is 3.37. The maximum absolute atomic E-state index is 5.39. The molecule has 1 N–H and O–H groups in total. The summed E-state index contributed by atoms with van der Waals surface area (Å²) in [4.78, 5) is 0. The zero-order valence-electron chi connectivity index (χ0n) is 12.1. The van der Waals surface area contributed by atoms with Gasteiger partial charge in [0.15, 0.2) is 0 Å². The van der Waals surface area contributed by atoms with Gasteiger partial charge in [-0.3, -0.25) is 0 Å². The molecule has 1 aliphatic carbocycles. The van der Waals surface area contributed by atoms with Gasteiger partial charge in [0, 0.05) is 12.1 Å². The first-order valence-electron chi connectivity index (χ1n) is 7.25. The van der Waals surface area contributed by atoms with E-state index >= 15 is 0 Å². The van der Waals surface area contributed by atoms with Crippen molar-refractivity contribution in [3.8, 4) is 11.5 Å². The monoisotopic (exact) mass is 263 g/mol. The van der Waals surface area contributed by atoms with Crippen molar-refractivity contribution in [3.05, 3.63) is 23.8 Å². The Bertz CT molecular complexity index is 386. The van der Waals surface area contributed by atoms with Gasteiger partial charge in [0.25, 0.3) is 0 Å². The molecular weight excluding hydrogens is 238 g/mol. The molecular formula is C16H25NO2. The van der Waals surface area contributed by atoms with Gasteiger partial charge in [-0.1, -0.05) is 19.3 Å². The van der Waals surface area contributed by atoms with Crippen molar-refractivity contribution < 1.29 is 9.47 Å². The summed E-state index contributed by atoms with van der Waals surface area (Å²) in [5.41, 5.74) is 1.16. The Kier molecular flexibility index (Phi) is 5.52. The normalized spacial score (nSPS) is 16.3. The van der Waals surface area contributed by atoms with Gasteiger partial charge in [-0.25, -0.2) is 0 Å². The Morgan fingerprint density at radius 1 is 1.11 bits per heavy atom. The average Bonchev–Trinajstić information content (AvgIpc) is 2.48. The van der Waals surface area contributed by atoms with E-state index in [0.29, 0.717) is 0 Å². The van der Waals surface area contributed by atoms with Gasteiger partial charge in [0.1, 0.15) is 11.5 Å². The van der Waals surface area contributed by atoms with Gasteiger partial charge in [-0.15, -0.1) is 0 Å². The highest BCUT2D eigenvalue weighted by molar-refractivity contribution is 5.40. The highest BCUT2D eigenvalue weighted by atomic mass is 16.5. The number of rotatable bonds is 6. The molecule has 1 saturated carbocycles.